The van der Waals surface area contributed by atoms with E-state index >= 15 is 0 Å². The molecule has 6 nitrogen and oxygen atoms in total. The number of halogens is 1. The van der Waals surface area contributed by atoms with Crippen LogP contribution < -0.4 is 9.47 Å². The van der Waals surface area contributed by atoms with Crippen molar-refractivity contribution >= 4 is 10.9 Å². The molecule has 2 aliphatic heterocycles. The van der Waals surface area contributed by atoms with Crippen LogP contribution >= 0.6 is 0 Å². The summed E-state index contributed by atoms with van der Waals surface area (Å²) in [5.41, 5.74) is 1.90. The number of benzene rings is 2. The highest BCUT2D eigenvalue weighted by atomic mass is 19.1. The minimum atomic E-state index is -0.712. The predicted octanol–water partition coefficient (Wildman–Crippen LogP) is 3.70. The zero-order valence-corrected chi connectivity index (χ0v) is 17.5. The number of hydrogen-bond acceptors (Lipinski definition) is 5. The Morgan fingerprint density at radius 1 is 1.26 bits per heavy atom. The number of aromatic amines is 1. The van der Waals surface area contributed by atoms with Crippen LogP contribution in [-0.2, 0) is 0 Å². The van der Waals surface area contributed by atoms with Crippen molar-refractivity contribution in [3.05, 3.63) is 59.5 Å². The summed E-state index contributed by atoms with van der Waals surface area (Å²) < 4.78 is 25.3. The van der Waals surface area contributed by atoms with Crippen LogP contribution in [0.2, 0.25) is 0 Å². The minimum Gasteiger partial charge on any atom is -0.497 e. The molecule has 0 radical (unpaired) electrons. The fourth-order valence-corrected chi connectivity index (χ4v) is 4.93. The maximum atomic E-state index is 13.7. The fraction of sp³-hybridized carbons (Fsp3) is 0.417. The SMILES string of the molecule is COc1ccc2c(c1)[C@H](O)CC1(CCN(C[C@H](O)c3c[nH]c4ccc(F)cc34)CC1)O2. The maximum Gasteiger partial charge on any atom is 0.126 e. The molecule has 1 saturated heterocycles. The van der Waals surface area contributed by atoms with E-state index in [-0.39, 0.29) is 5.82 Å². The van der Waals surface area contributed by atoms with Crippen LogP contribution in [0.15, 0.2) is 42.6 Å². The van der Waals surface area contributed by atoms with Crippen LogP contribution in [0.4, 0.5) is 4.39 Å². The molecule has 3 N–H and O–H groups in total. The zero-order valence-electron chi connectivity index (χ0n) is 17.5. The van der Waals surface area contributed by atoms with Crippen molar-refractivity contribution in [3.63, 3.8) is 0 Å². The second kappa shape index (κ2) is 7.82. The lowest BCUT2D eigenvalue weighted by molar-refractivity contribution is -0.0588. The molecule has 31 heavy (non-hydrogen) atoms. The number of piperidine rings is 1. The number of β-amino-alcohol motifs (C(OH)–C–C–N with tert-alkyl or cyclic N) is 1. The molecule has 1 fully saturated rings. The van der Waals surface area contributed by atoms with Crippen molar-refractivity contribution in [2.45, 2.75) is 37.1 Å². The number of aromatic nitrogens is 1. The number of nitrogens with one attached hydrogen (secondary N) is 1. The molecule has 1 spiro atoms. The van der Waals surface area contributed by atoms with Gasteiger partial charge >= 0.3 is 0 Å². The summed E-state index contributed by atoms with van der Waals surface area (Å²) in [5.74, 6) is 1.11. The van der Waals surface area contributed by atoms with E-state index in [4.69, 9.17) is 9.47 Å². The van der Waals surface area contributed by atoms with Gasteiger partial charge in [0.25, 0.3) is 0 Å². The van der Waals surface area contributed by atoms with Gasteiger partial charge in [0.1, 0.15) is 22.9 Å². The highest BCUT2D eigenvalue weighted by Gasteiger charge is 2.43. The number of aliphatic hydroxyl groups excluding tert-OH is 2. The first-order chi connectivity index (χ1) is 15.0. The largest absolute Gasteiger partial charge is 0.497 e. The van der Waals surface area contributed by atoms with Gasteiger partial charge in [0.05, 0.1) is 19.3 Å². The molecule has 0 aliphatic carbocycles. The van der Waals surface area contributed by atoms with Gasteiger partial charge in [-0.2, -0.15) is 0 Å². The summed E-state index contributed by atoms with van der Waals surface area (Å²) in [7, 11) is 1.61. The molecular formula is C24H27FN2O4. The third-order valence-corrected chi connectivity index (χ3v) is 6.70. The van der Waals surface area contributed by atoms with Gasteiger partial charge in [-0.05, 0) is 49.2 Å². The molecule has 0 amide bonds. The summed E-state index contributed by atoms with van der Waals surface area (Å²) in [5, 5.41) is 22.3. The van der Waals surface area contributed by atoms with Crippen molar-refractivity contribution in [1.29, 1.82) is 0 Å². The summed E-state index contributed by atoms with van der Waals surface area (Å²) in [4.78, 5) is 5.30. The molecule has 5 rings (SSSR count). The molecule has 164 valence electrons. The number of nitrogens with zero attached hydrogens (tertiary/aromatic N) is 1. The molecular weight excluding hydrogens is 399 g/mol. The molecule has 2 atom stereocenters. The Morgan fingerprint density at radius 3 is 2.84 bits per heavy atom. The standard InChI is InChI=1S/C24H27FN2O4/c1-30-16-3-5-23-18(11-16)21(28)12-24(31-23)6-8-27(9-7-24)14-22(29)19-13-26-20-4-2-15(25)10-17(19)20/h2-5,10-11,13,21-22,26,28-29H,6-9,12,14H2,1H3/t21-,22+/m1/s1. The smallest absolute Gasteiger partial charge is 0.126 e. The van der Waals surface area contributed by atoms with Crippen molar-refractivity contribution in [2.24, 2.45) is 0 Å². The zero-order chi connectivity index (χ0) is 21.6. The van der Waals surface area contributed by atoms with E-state index in [1.807, 2.05) is 18.2 Å². The van der Waals surface area contributed by atoms with Crippen molar-refractivity contribution in [2.75, 3.05) is 26.7 Å². The third kappa shape index (κ3) is 3.78. The van der Waals surface area contributed by atoms with Gasteiger partial charge in [0.2, 0.25) is 0 Å². The summed E-state index contributed by atoms with van der Waals surface area (Å²) >= 11 is 0. The van der Waals surface area contributed by atoms with Crippen molar-refractivity contribution < 1.29 is 24.1 Å². The molecule has 0 unspecified atom stereocenters. The third-order valence-electron chi connectivity index (χ3n) is 6.70. The van der Waals surface area contributed by atoms with Crippen LogP contribution in [0.1, 0.15) is 42.6 Å². The van der Waals surface area contributed by atoms with Gasteiger partial charge in [-0.15, -0.1) is 0 Å². The number of rotatable bonds is 4. The van der Waals surface area contributed by atoms with Gasteiger partial charge in [-0.25, -0.2) is 4.39 Å². The monoisotopic (exact) mass is 426 g/mol. The van der Waals surface area contributed by atoms with Gasteiger partial charge in [-0.1, -0.05) is 0 Å². The lowest BCUT2D eigenvalue weighted by Gasteiger charge is -2.46. The highest BCUT2D eigenvalue weighted by molar-refractivity contribution is 5.83. The number of likely N-dealkylation sites (tertiary alicyclic amines) is 1. The molecule has 1 aromatic heterocycles. The Balaban J connectivity index is 1.25. The van der Waals surface area contributed by atoms with Gasteiger partial charge in [0, 0.05) is 54.3 Å². The maximum absolute atomic E-state index is 13.7. The van der Waals surface area contributed by atoms with Crippen LogP contribution in [0.25, 0.3) is 10.9 Å². The van der Waals surface area contributed by atoms with Crippen LogP contribution in [0.3, 0.4) is 0 Å². The molecule has 0 bridgehead atoms. The van der Waals surface area contributed by atoms with Gasteiger partial charge < -0.3 is 29.6 Å². The Labute approximate surface area is 180 Å². The quantitative estimate of drug-likeness (QED) is 0.593. The average Bonchev–Trinajstić information content (AvgIpc) is 3.18. The Hall–Kier alpha value is -2.61. The lowest BCUT2D eigenvalue weighted by atomic mass is 9.81. The number of fused-ring (bicyclic) bond motifs is 2. The van der Waals surface area contributed by atoms with Crippen molar-refractivity contribution in [3.8, 4) is 11.5 Å². The van der Waals surface area contributed by atoms with E-state index in [2.05, 4.69) is 9.88 Å². The molecule has 0 saturated carbocycles. The van der Waals surface area contributed by atoms with E-state index in [9.17, 15) is 14.6 Å². The molecule has 3 heterocycles. The first-order valence-corrected chi connectivity index (χ1v) is 10.7. The highest BCUT2D eigenvalue weighted by Crippen LogP contribution is 2.45. The van der Waals surface area contributed by atoms with Crippen molar-refractivity contribution in [1.82, 2.24) is 9.88 Å². The fourth-order valence-electron chi connectivity index (χ4n) is 4.93. The Morgan fingerprint density at radius 2 is 2.06 bits per heavy atom. The minimum absolute atomic E-state index is 0.314. The number of ether oxygens (including phenoxy) is 2. The first kappa shape index (κ1) is 20.3. The predicted molar refractivity (Wildman–Crippen MR) is 115 cm³/mol. The lowest BCUT2D eigenvalue weighted by Crippen LogP contribution is -2.51. The molecule has 7 heteroatoms. The molecule has 2 aliphatic rings. The van der Waals surface area contributed by atoms with Gasteiger partial charge in [0.15, 0.2) is 0 Å². The van der Waals surface area contributed by atoms with E-state index in [1.54, 1.807) is 19.4 Å². The first-order valence-electron chi connectivity index (χ1n) is 10.7. The van der Waals surface area contributed by atoms with Crippen LogP contribution in [0.5, 0.6) is 11.5 Å². The topological polar surface area (TPSA) is 78.0 Å². The summed E-state index contributed by atoms with van der Waals surface area (Å²) in [6.07, 6.45) is 2.54. The average molecular weight is 426 g/mol. The number of aliphatic hydroxyl groups is 2. The van der Waals surface area contributed by atoms with Crippen LogP contribution in [-0.4, -0.2) is 52.4 Å². The summed E-state index contributed by atoms with van der Waals surface area (Å²) in [6, 6.07) is 10.1. The molecule has 3 aromatic rings. The summed E-state index contributed by atoms with van der Waals surface area (Å²) in [6.45, 7) is 1.98. The Bertz CT molecular complexity index is 1090. The van der Waals surface area contributed by atoms with E-state index in [0.717, 1.165) is 37.0 Å². The number of methoxy groups -OCH3 is 1. The van der Waals surface area contributed by atoms with Crippen LogP contribution in [0, 0.1) is 5.82 Å². The Kier molecular flexibility index (Phi) is 5.12. The number of hydrogen-bond donors (Lipinski definition) is 3. The molecule has 2 aromatic carbocycles. The number of H-pyrrole nitrogens is 1. The second-order valence-corrected chi connectivity index (χ2v) is 8.66. The normalized spacial score (nSPS) is 21.6. The van der Waals surface area contributed by atoms with E-state index in [1.165, 1.54) is 12.1 Å². The van der Waals surface area contributed by atoms with Gasteiger partial charge in [-0.3, -0.25) is 0 Å². The van der Waals surface area contributed by atoms with E-state index < -0.39 is 17.8 Å². The second-order valence-electron chi connectivity index (χ2n) is 8.66. The van der Waals surface area contributed by atoms with E-state index in [0.29, 0.717) is 35.4 Å².